The van der Waals surface area contributed by atoms with E-state index >= 15 is 0 Å². The number of carbonyl (C=O) groups is 1. The van der Waals surface area contributed by atoms with E-state index in [1.807, 2.05) is 0 Å². The van der Waals surface area contributed by atoms with Gasteiger partial charge in [0.2, 0.25) is 0 Å². The Morgan fingerprint density at radius 2 is 1.96 bits per heavy atom. The van der Waals surface area contributed by atoms with Crippen molar-refractivity contribution in [3.05, 3.63) is 63.1 Å². The van der Waals surface area contributed by atoms with Crippen molar-refractivity contribution in [2.75, 3.05) is 0 Å². The predicted octanol–water partition coefficient (Wildman–Crippen LogP) is 4.54. The molecule has 0 saturated heterocycles. The molecule has 5 nitrogen and oxygen atoms in total. The molecule has 0 saturated carbocycles. The van der Waals surface area contributed by atoms with Gasteiger partial charge in [-0.15, -0.1) is 11.3 Å². The van der Waals surface area contributed by atoms with Crippen molar-refractivity contribution in [1.29, 1.82) is 0 Å². The van der Waals surface area contributed by atoms with Crippen LogP contribution in [0.3, 0.4) is 0 Å². The average Bonchev–Trinajstić information content (AvgIpc) is 3.09. The van der Waals surface area contributed by atoms with E-state index in [0.717, 1.165) is 0 Å². The van der Waals surface area contributed by atoms with E-state index in [0.29, 0.717) is 16.4 Å². The minimum Gasteiger partial charge on any atom is -0.344 e. The molecule has 0 unspecified atom stereocenters. The molecule has 0 fully saturated rings. The standard InChI is InChI=1S/C16H11Cl2FN4OS/c1-8(9-5-12(19)11(18)6-10(9)17)22-15(24)13-7-25-16(23-13)14-20-3-2-4-21-14/h2-8H,1H3,(H,22,24)/t8-/m1/s1. The van der Waals surface area contributed by atoms with Crippen LogP contribution in [0.5, 0.6) is 0 Å². The van der Waals surface area contributed by atoms with Crippen molar-refractivity contribution in [1.82, 2.24) is 20.3 Å². The van der Waals surface area contributed by atoms with Gasteiger partial charge >= 0.3 is 0 Å². The van der Waals surface area contributed by atoms with Crippen LogP contribution >= 0.6 is 34.5 Å². The van der Waals surface area contributed by atoms with E-state index in [2.05, 4.69) is 20.3 Å². The smallest absolute Gasteiger partial charge is 0.271 e. The quantitative estimate of drug-likeness (QED) is 0.657. The van der Waals surface area contributed by atoms with Gasteiger partial charge in [-0.05, 0) is 30.7 Å². The summed E-state index contributed by atoms with van der Waals surface area (Å²) in [5.41, 5.74) is 0.656. The lowest BCUT2D eigenvalue weighted by Crippen LogP contribution is -2.27. The number of aromatic nitrogens is 3. The van der Waals surface area contributed by atoms with Gasteiger partial charge < -0.3 is 5.32 Å². The maximum Gasteiger partial charge on any atom is 0.271 e. The first kappa shape index (κ1) is 17.7. The van der Waals surface area contributed by atoms with Crippen LogP contribution in [0.2, 0.25) is 10.0 Å². The fraction of sp³-hybridized carbons (Fsp3) is 0.125. The molecular formula is C16H11Cl2FN4OS. The average molecular weight is 397 g/mol. The lowest BCUT2D eigenvalue weighted by Gasteiger charge is -2.15. The zero-order valence-electron chi connectivity index (χ0n) is 12.8. The van der Waals surface area contributed by atoms with Crippen molar-refractivity contribution in [3.8, 4) is 10.8 Å². The molecule has 0 aliphatic heterocycles. The zero-order chi connectivity index (χ0) is 18.0. The van der Waals surface area contributed by atoms with Crippen LogP contribution in [0.1, 0.15) is 29.0 Å². The van der Waals surface area contributed by atoms with E-state index in [1.54, 1.807) is 30.8 Å². The normalized spacial score (nSPS) is 12.0. The summed E-state index contributed by atoms with van der Waals surface area (Å²) in [5, 5.41) is 5.08. The van der Waals surface area contributed by atoms with Gasteiger partial charge in [-0.2, -0.15) is 0 Å². The summed E-state index contributed by atoms with van der Waals surface area (Å²) < 4.78 is 13.6. The van der Waals surface area contributed by atoms with Crippen LogP contribution in [0.4, 0.5) is 4.39 Å². The number of nitrogens with zero attached hydrogens (tertiary/aromatic N) is 3. The van der Waals surface area contributed by atoms with Crippen molar-refractivity contribution in [2.24, 2.45) is 0 Å². The summed E-state index contributed by atoms with van der Waals surface area (Å²) in [7, 11) is 0. The lowest BCUT2D eigenvalue weighted by molar-refractivity contribution is 0.0935. The number of rotatable bonds is 4. The maximum absolute atomic E-state index is 13.6. The molecule has 2 aromatic heterocycles. The summed E-state index contributed by atoms with van der Waals surface area (Å²) in [6.45, 7) is 1.69. The molecule has 1 N–H and O–H groups in total. The summed E-state index contributed by atoms with van der Waals surface area (Å²) in [4.78, 5) is 24.8. The van der Waals surface area contributed by atoms with Crippen LogP contribution in [0.15, 0.2) is 36.0 Å². The largest absolute Gasteiger partial charge is 0.344 e. The number of thiazole rings is 1. The van der Waals surface area contributed by atoms with Crippen LogP contribution in [-0.2, 0) is 0 Å². The Hall–Kier alpha value is -2.09. The summed E-state index contributed by atoms with van der Waals surface area (Å²) in [5.74, 6) is -0.556. The Labute approximate surface area is 156 Å². The second-order valence-electron chi connectivity index (χ2n) is 5.09. The third kappa shape index (κ3) is 3.95. The molecule has 25 heavy (non-hydrogen) atoms. The Bertz CT molecular complexity index is 920. The second-order valence-corrected chi connectivity index (χ2v) is 6.77. The highest BCUT2D eigenvalue weighted by Gasteiger charge is 2.19. The Morgan fingerprint density at radius 3 is 2.68 bits per heavy atom. The van der Waals surface area contributed by atoms with Gasteiger partial charge in [0.15, 0.2) is 10.8 Å². The molecule has 1 aromatic carbocycles. The maximum atomic E-state index is 13.6. The van der Waals surface area contributed by atoms with Gasteiger partial charge in [0.25, 0.3) is 5.91 Å². The first-order valence-electron chi connectivity index (χ1n) is 7.14. The Balaban J connectivity index is 1.76. The van der Waals surface area contributed by atoms with Gasteiger partial charge in [-0.3, -0.25) is 4.79 Å². The third-order valence-corrected chi connectivity index (χ3v) is 4.80. The van der Waals surface area contributed by atoms with E-state index in [-0.39, 0.29) is 15.7 Å². The first-order valence-corrected chi connectivity index (χ1v) is 8.77. The number of nitrogens with one attached hydrogen (secondary N) is 1. The fourth-order valence-corrected chi connectivity index (χ4v) is 3.40. The predicted molar refractivity (Wildman–Crippen MR) is 95.4 cm³/mol. The van der Waals surface area contributed by atoms with Gasteiger partial charge in [0.05, 0.1) is 11.1 Å². The van der Waals surface area contributed by atoms with Crippen molar-refractivity contribution < 1.29 is 9.18 Å². The Kier molecular flexibility index (Phi) is 5.27. The minimum atomic E-state index is -0.598. The van der Waals surface area contributed by atoms with Gasteiger partial charge in [0, 0.05) is 22.8 Å². The molecule has 9 heteroatoms. The molecule has 3 aromatic rings. The highest BCUT2D eigenvalue weighted by atomic mass is 35.5. The molecule has 3 rings (SSSR count). The molecule has 0 aliphatic carbocycles. The van der Waals surface area contributed by atoms with E-state index in [1.165, 1.54) is 23.5 Å². The van der Waals surface area contributed by atoms with E-state index in [4.69, 9.17) is 23.2 Å². The van der Waals surface area contributed by atoms with Gasteiger partial charge in [-0.25, -0.2) is 19.3 Å². The van der Waals surface area contributed by atoms with Gasteiger partial charge in [0.1, 0.15) is 11.5 Å². The van der Waals surface area contributed by atoms with Gasteiger partial charge in [-0.1, -0.05) is 23.2 Å². The van der Waals surface area contributed by atoms with Crippen LogP contribution < -0.4 is 5.32 Å². The molecule has 1 atom stereocenters. The SMILES string of the molecule is C[C@@H](NC(=O)c1csc(-c2ncccn2)n1)c1cc(F)c(Cl)cc1Cl. The lowest BCUT2D eigenvalue weighted by atomic mass is 10.1. The first-order chi connectivity index (χ1) is 12.0. The molecular weight excluding hydrogens is 386 g/mol. The minimum absolute atomic E-state index is 0.0701. The number of halogens is 3. The monoisotopic (exact) mass is 396 g/mol. The number of carbonyl (C=O) groups excluding carboxylic acids is 1. The molecule has 0 aliphatic rings. The molecule has 0 spiro atoms. The van der Waals surface area contributed by atoms with Crippen LogP contribution in [-0.4, -0.2) is 20.9 Å². The highest BCUT2D eigenvalue weighted by Crippen LogP contribution is 2.29. The third-order valence-electron chi connectivity index (χ3n) is 3.35. The number of benzene rings is 1. The number of hydrogen-bond acceptors (Lipinski definition) is 5. The highest BCUT2D eigenvalue weighted by molar-refractivity contribution is 7.13. The topological polar surface area (TPSA) is 67.8 Å². The summed E-state index contributed by atoms with van der Waals surface area (Å²) in [6, 6.07) is 3.69. The van der Waals surface area contributed by atoms with E-state index in [9.17, 15) is 9.18 Å². The van der Waals surface area contributed by atoms with Crippen molar-refractivity contribution >= 4 is 40.4 Å². The molecule has 128 valence electrons. The summed E-state index contributed by atoms with van der Waals surface area (Å²) in [6.07, 6.45) is 3.20. The number of hydrogen-bond donors (Lipinski definition) is 1. The second kappa shape index (κ2) is 7.43. The molecule has 0 radical (unpaired) electrons. The van der Waals surface area contributed by atoms with Crippen LogP contribution in [0.25, 0.3) is 10.8 Å². The summed E-state index contributed by atoms with van der Waals surface area (Å²) >= 11 is 13.0. The molecule has 1 amide bonds. The van der Waals surface area contributed by atoms with Crippen molar-refractivity contribution in [2.45, 2.75) is 13.0 Å². The molecule has 0 bridgehead atoms. The zero-order valence-corrected chi connectivity index (χ0v) is 15.2. The van der Waals surface area contributed by atoms with E-state index < -0.39 is 17.8 Å². The number of amides is 1. The van der Waals surface area contributed by atoms with Crippen molar-refractivity contribution in [3.63, 3.8) is 0 Å². The Morgan fingerprint density at radius 1 is 1.24 bits per heavy atom. The molecule has 2 heterocycles. The fourth-order valence-electron chi connectivity index (χ4n) is 2.11. The van der Waals surface area contributed by atoms with Crippen LogP contribution in [0, 0.1) is 5.82 Å².